The number of benzene rings is 2. The number of fused-ring (bicyclic) bond motifs is 2. The van der Waals surface area contributed by atoms with Gasteiger partial charge in [-0.25, -0.2) is 9.78 Å². The molecular weight excluding hydrogens is 512 g/mol. The normalized spacial score (nSPS) is 17.4. The smallest absolute Gasteiger partial charge is 0.319 e. The van der Waals surface area contributed by atoms with Crippen molar-refractivity contribution in [2.75, 3.05) is 51.9 Å². The number of hydrogen-bond donors (Lipinski definition) is 3. The number of hydrogen-bond acceptors (Lipinski definition) is 7. The van der Waals surface area contributed by atoms with Crippen LogP contribution < -0.4 is 25.8 Å². The number of aromatic nitrogens is 2. The van der Waals surface area contributed by atoms with Crippen LogP contribution >= 0.6 is 0 Å². The van der Waals surface area contributed by atoms with Crippen molar-refractivity contribution in [3.8, 4) is 11.5 Å². The molecule has 1 saturated heterocycles. The average Bonchev–Trinajstić information content (AvgIpc) is 3.35. The van der Waals surface area contributed by atoms with Crippen LogP contribution in [0.4, 0.5) is 10.5 Å². The van der Waals surface area contributed by atoms with Gasteiger partial charge in [0.05, 0.1) is 11.0 Å². The van der Waals surface area contributed by atoms with Crippen LogP contribution in [-0.4, -0.2) is 79.0 Å². The fourth-order valence-corrected chi connectivity index (χ4v) is 5.37. The average molecular weight is 551 g/mol. The van der Waals surface area contributed by atoms with Crippen LogP contribution in [0.5, 0.6) is 11.5 Å². The monoisotopic (exact) mass is 550 g/mol. The first-order valence-electron chi connectivity index (χ1n) is 13.9. The van der Waals surface area contributed by atoms with Gasteiger partial charge in [-0.05, 0) is 43.5 Å². The molecule has 4 N–H and O–H groups in total. The molecule has 11 heteroatoms. The van der Waals surface area contributed by atoms with E-state index in [0.29, 0.717) is 50.1 Å². The number of likely N-dealkylation sites (tertiary alicyclic amines) is 1. The zero-order valence-electron chi connectivity index (χ0n) is 22.9. The molecule has 0 spiro atoms. The first-order valence-corrected chi connectivity index (χ1v) is 13.9. The van der Waals surface area contributed by atoms with Crippen molar-refractivity contribution in [3.05, 3.63) is 48.3 Å². The summed E-state index contributed by atoms with van der Waals surface area (Å²) in [6.07, 6.45) is 2.93. The Labute approximate surface area is 233 Å². The second-order valence-electron chi connectivity index (χ2n) is 10.3. The summed E-state index contributed by atoms with van der Waals surface area (Å²) < 4.78 is 18.6. The second kappa shape index (κ2) is 13.0. The zero-order valence-corrected chi connectivity index (χ0v) is 22.9. The molecule has 2 aromatic carbocycles. The molecule has 0 saturated carbocycles. The predicted molar refractivity (Wildman–Crippen MR) is 152 cm³/mol. The summed E-state index contributed by atoms with van der Waals surface area (Å²) in [5.74, 6) is 2.42. The number of imidazole rings is 1. The lowest BCUT2D eigenvalue weighted by Crippen LogP contribution is -2.45. The minimum absolute atomic E-state index is 0.00621. The topological polar surface area (TPSA) is 133 Å². The van der Waals surface area contributed by atoms with E-state index in [1.165, 1.54) is 0 Å². The van der Waals surface area contributed by atoms with Crippen molar-refractivity contribution >= 4 is 28.7 Å². The molecule has 214 valence electrons. The number of rotatable bonds is 10. The molecule has 1 aromatic heterocycles. The molecule has 11 nitrogen and oxygen atoms in total. The first kappa shape index (κ1) is 27.7. The Morgan fingerprint density at radius 2 is 2.00 bits per heavy atom. The minimum atomic E-state index is -0.502. The quantitative estimate of drug-likeness (QED) is 0.331. The highest BCUT2D eigenvalue weighted by Gasteiger charge is 2.29. The van der Waals surface area contributed by atoms with Crippen LogP contribution in [0.2, 0.25) is 0 Å². The lowest BCUT2D eigenvalue weighted by molar-refractivity contribution is -0.132. The van der Waals surface area contributed by atoms with Gasteiger partial charge in [-0.3, -0.25) is 4.79 Å². The van der Waals surface area contributed by atoms with Gasteiger partial charge in [0.15, 0.2) is 11.5 Å². The molecule has 0 bridgehead atoms. The van der Waals surface area contributed by atoms with Gasteiger partial charge in [0.1, 0.15) is 19.0 Å². The number of anilines is 1. The van der Waals surface area contributed by atoms with Gasteiger partial charge in [-0.2, -0.15) is 0 Å². The molecule has 3 heterocycles. The van der Waals surface area contributed by atoms with Crippen LogP contribution in [0.15, 0.2) is 42.5 Å². The van der Waals surface area contributed by atoms with Gasteiger partial charge in [0, 0.05) is 70.0 Å². The molecule has 2 atom stereocenters. The van der Waals surface area contributed by atoms with E-state index in [4.69, 9.17) is 24.9 Å². The molecule has 2 unspecified atom stereocenters. The van der Waals surface area contributed by atoms with Crippen LogP contribution in [0, 0.1) is 0 Å². The molecule has 0 aliphatic carbocycles. The Morgan fingerprint density at radius 3 is 2.85 bits per heavy atom. The number of carbonyl (C=O) groups excluding carboxylic acids is 2. The maximum Gasteiger partial charge on any atom is 0.319 e. The summed E-state index contributed by atoms with van der Waals surface area (Å²) in [4.78, 5) is 32.4. The molecule has 2 aliphatic heterocycles. The number of ether oxygens (including phenoxy) is 3. The van der Waals surface area contributed by atoms with Crippen molar-refractivity contribution in [2.24, 2.45) is 5.73 Å². The van der Waals surface area contributed by atoms with Gasteiger partial charge in [-0.1, -0.05) is 12.1 Å². The maximum absolute atomic E-state index is 13.2. The summed E-state index contributed by atoms with van der Waals surface area (Å²) in [5, 5.41) is 5.53. The van der Waals surface area contributed by atoms with E-state index in [1.807, 2.05) is 23.1 Å². The summed E-state index contributed by atoms with van der Waals surface area (Å²) in [5.41, 5.74) is 8.91. The van der Waals surface area contributed by atoms with Crippen molar-refractivity contribution in [2.45, 2.75) is 44.2 Å². The lowest BCUT2D eigenvalue weighted by atomic mass is 9.96. The zero-order chi connectivity index (χ0) is 27.9. The number of carbonyl (C=O) groups is 2. The third-order valence-electron chi connectivity index (χ3n) is 7.32. The number of methoxy groups -OCH3 is 1. The van der Waals surface area contributed by atoms with Gasteiger partial charge >= 0.3 is 6.03 Å². The molecule has 40 heavy (non-hydrogen) atoms. The van der Waals surface area contributed by atoms with Gasteiger partial charge in [0.25, 0.3) is 0 Å². The van der Waals surface area contributed by atoms with Crippen LogP contribution in [-0.2, 0) is 16.1 Å². The standard InChI is InChI=1S/C29H38N6O5/c1-38-13-5-12-35-24-8-3-2-7-23(24)33-28(35)20-6-4-11-34(19-20)27(36)16-21(30)18-31-29(37)32-22-9-10-25-26(17-22)40-15-14-39-25/h2-3,7-10,17,20-21H,4-6,11-16,18-19,30H2,1H3,(H2,31,32,37). The third kappa shape index (κ3) is 6.65. The minimum Gasteiger partial charge on any atom is -0.486 e. The number of nitrogens with zero attached hydrogens (tertiary/aromatic N) is 3. The fourth-order valence-electron chi connectivity index (χ4n) is 5.37. The van der Waals surface area contributed by atoms with E-state index in [2.05, 4.69) is 21.3 Å². The number of nitrogens with one attached hydrogen (secondary N) is 2. The fraction of sp³-hybridized carbons (Fsp3) is 0.483. The number of piperidine rings is 1. The van der Waals surface area contributed by atoms with Crippen molar-refractivity contribution in [1.82, 2.24) is 19.8 Å². The van der Waals surface area contributed by atoms with E-state index in [-0.39, 0.29) is 24.8 Å². The number of aryl methyl sites for hydroxylation is 1. The highest BCUT2D eigenvalue weighted by Crippen LogP contribution is 2.33. The largest absolute Gasteiger partial charge is 0.486 e. The summed E-state index contributed by atoms with van der Waals surface area (Å²) in [7, 11) is 1.71. The van der Waals surface area contributed by atoms with E-state index in [1.54, 1.807) is 25.3 Å². The van der Waals surface area contributed by atoms with Crippen molar-refractivity contribution in [3.63, 3.8) is 0 Å². The SMILES string of the molecule is COCCCn1c(C2CCCN(C(=O)CC(N)CNC(=O)Nc3ccc4c(c3)OCCO4)C2)nc2ccccc21. The van der Waals surface area contributed by atoms with Crippen LogP contribution in [0.3, 0.4) is 0 Å². The molecule has 0 radical (unpaired) electrons. The first-order chi connectivity index (χ1) is 19.5. The Bertz CT molecular complexity index is 1330. The predicted octanol–water partition coefficient (Wildman–Crippen LogP) is 3.09. The van der Waals surface area contributed by atoms with Gasteiger partial charge < -0.3 is 40.0 Å². The Balaban J connectivity index is 1.13. The summed E-state index contributed by atoms with van der Waals surface area (Å²) in [6.45, 7) is 3.96. The molecule has 3 aromatic rings. The number of amides is 3. The Morgan fingerprint density at radius 1 is 1.18 bits per heavy atom. The van der Waals surface area contributed by atoms with Gasteiger partial charge in [0.2, 0.25) is 5.91 Å². The van der Waals surface area contributed by atoms with E-state index in [9.17, 15) is 9.59 Å². The Kier molecular flexibility index (Phi) is 9.02. The van der Waals surface area contributed by atoms with Crippen LogP contribution in [0.25, 0.3) is 11.0 Å². The maximum atomic E-state index is 13.2. The lowest BCUT2D eigenvalue weighted by Gasteiger charge is -2.33. The molecule has 3 amide bonds. The molecule has 1 fully saturated rings. The third-order valence-corrected chi connectivity index (χ3v) is 7.32. The van der Waals surface area contributed by atoms with Crippen LogP contribution in [0.1, 0.15) is 37.4 Å². The van der Waals surface area contributed by atoms with Crippen molar-refractivity contribution in [1.29, 1.82) is 0 Å². The highest BCUT2D eigenvalue weighted by atomic mass is 16.6. The molecule has 5 rings (SSSR count). The van der Waals surface area contributed by atoms with E-state index < -0.39 is 12.1 Å². The summed E-state index contributed by atoms with van der Waals surface area (Å²) >= 11 is 0. The van der Waals surface area contributed by atoms with Gasteiger partial charge in [-0.15, -0.1) is 0 Å². The highest BCUT2D eigenvalue weighted by molar-refractivity contribution is 5.89. The molecule has 2 aliphatic rings. The second-order valence-corrected chi connectivity index (χ2v) is 10.3. The number of para-hydroxylation sites is 2. The summed E-state index contributed by atoms with van der Waals surface area (Å²) in [6, 6.07) is 12.5. The van der Waals surface area contributed by atoms with E-state index >= 15 is 0 Å². The Hall–Kier alpha value is -3.83. The van der Waals surface area contributed by atoms with E-state index in [0.717, 1.165) is 42.7 Å². The number of urea groups is 1. The molecular formula is C29H38N6O5. The van der Waals surface area contributed by atoms with Crippen molar-refractivity contribution < 1.29 is 23.8 Å². The number of nitrogens with two attached hydrogens (primary N) is 1.